The molecule has 0 saturated carbocycles. The molecule has 2 aliphatic rings. The summed E-state index contributed by atoms with van der Waals surface area (Å²) in [7, 11) is 0. The highest BCUT2D eigenvalue weighted by Gasteiger charge is 2.38. The fourth-order valence-electron chi connectivity index (χ4n) is 4.22. The monoisotopic (exact) mass is 515 g/mol. The summed E-state index contributed by atoms with van der Waals surface area (Å²) < 4.78 is 70.9. The van der Waals surface area contributed by atoms with Gasteiger partial charge in [0.05, 0.1) is 11.3 Å². The molecule has 4 rings (SSSR count). The quantitative estimate of drug-likeness (QED) is 0.591. The molecule has 194 valence electrons. The molecule has 2 saturated heterocycles. The number of piperidine rings is 1. The van der Waals surface area contributed by atoms with Gasteiger partial charge in [-0.15, -0.1) is 0 Å². The topological polar surface area (TPSA) is 93.4 Å². The van der Waals surface area contributed by atoms with Crippen LogP contribution < -0.4 is 4.90 Å². The summed E-state index contributed by atoms with van der Waals surface area (Å²) in [6.45, 7) is 3.95. The van der Waals surface area contributed by atoms with Crippen LogP contribution in [0.4, 0.5) is 32.2 Å². The minimum Gasteiger partial charge on any atom is -0.475 e. The maximum atomic E-state index is 13.1. The van der Waals surface area contributed by atoms with Gasteiger partial charge >= 0.3 is 18.3 Å². The number of aromatic nitrogens is 2. The lowest BCUT2D eigenvalue weighted by molar-refractivity contribution is -0.192. The number of benzene rings is 1. The summed E-state index contributed by atoms with van der Waals surface area (Å²) in [4.78, 5) is 22.0. The largest absolute Gasteiger partial charge is 0.490 e. The van der Waals surface area contributed by atoms with E-state index >= 15 is 0 Å². The number of aliphatic carboxylic acids is 1. The zero-order valence-corrected chi connectivity index (χ0v) is 19.0. The average Bonchev–Trinajstić information content (AvgIpc) is 3.38. The van der Waals surface area contributed by atoms with Crippen LogP contribution >= 0.6 is 0 Å². The highest BCUT2D eigenvalue weighted by molar-refractivity contribution is 5.73. The molecule has 0 spiro atoms. The van der Waals surface area contributed by atoms with E-state index in [0.717, 1.165) is 51.2 Å². The molecule has 0 amide bonds. The van der Waals surface area contributed by atoms with Gasteiger partial charge in [-0.3, -0.25) is 0 Å². The van der Waals surface area contributed by atoms with E-state index in [0.29, 0.717) is 23.1 Å². The fraction of sp³-hybridized carbons (Fsp3) is 0.478. The smallest absolute Gasteiger partial charge is 0.475 e. The van der Waals surface area contributed by atoms with E-state index in [9.17, 15) is 31.6 Å². The Hall–Kier alpha value is -3.40. The van der Waals surface area contributed by atoms with Crippen LogP contribution in [0.2, 0.25) is 0 Å². The third-order valence-electron chi connectivity index (χ3n) is 5.99. The number of carboxylic acids is 1. The number of nitrogens with zero attached hydrogens (tertiary/aromatic N) is 5. The van der Waals surface area contributed by atoms with Crippen LogP contribution in [0.25, 0.3) is 11.3 Å². The molecule has 2 aliphatic heterocycles. The van der Waals surface area contributed by atoms with Gasteiger partial charge in [0.25, 0.3) is 0 Å². The Morgan fingerprint density at radius 3 is 2.14 bits per heavy atom. The lowest BCUT2D eigenvalue weighted by atomic mass is 10.0. The third-order valence-corrected chi connectivity index (χ3v) is 5.99. The van der Waals surface area contributed by atoms with Gasteiger partial charge < -0.3 is 14.9 Å². The maximum Gasteiger partial charge on any atom is 0.490 e. The Bertz CT molecular complexity index is 1100. The third kappa shape index (κ3) is 7.07. The number of hydrogen-bond donors (Lipinski definition) is 1. The van der Waals surface area contributed by atoms with E-state index in [1.807, 2.05) is 6.07 Å². The summed E-state index contributed by atoms with van der Waals surface area (Å²) >= 11 is 0. The number of nitriles is 1. The van der Waals surface area contributed by atoms with Crippen LogP contribution in [-0.2, 0) is 11.0 Å². The molecule has 1 aromatic carbocycles. The molecule has 0 aliphatic carbocycles. The van der Waals surface area contributed by atoms with Crippen molar-refractivity contribution >= 4 is 11.8 Å². The Morgan fingerprint density at radius 2 is 1.61 bits per heavy atom. The van der Waals surface area contributed by atoms with Gasteiger partial charge in [-0.2, -0.15) is 31.6 Å². The molecular weight excluding hydrogens is 492 g/mol. The van der Waals surface area contributed by atoms with Gasteiger partial charge in [0.2, 0.25) is 5.82 Å². The van der Waals surface area contributed by atoms with E-state index in [2.05, 4.69) is 19.8 Å². The normalized spacial score (nSPS) is 17.3. The van der Waals surface area contributed by atoms with Crippen molar-refractivity contribution in [1.29, 1.82) is 5.26 Å². The predicted molar refractivity (Wildman–Crippen MR) is 117 cm³/mol. The van der Waals surface area contributed by atoms with Crippen molar-refractivity contribution in [3.8, 4) is 17.3 Å². The van der Waals surface area contributed by atoms with Gasteiger partial charge in [0.15, 0.2) is 0 Å². The average molecular weight is 515 g/mol. The number of carbonyl (C=O) groups is 1. The molecule has 3 heterocycles. The first-order valence-corrected chi connectivity index (χ1v) is 11.1. The predicted octanol–water partition coefficient (Wildman–Crippen LogP) is 4.73. The molecule has 7 nitrogen and oxygen atoms in total. The number of likely N-dealkylation sites (tertiary alicyclic amines) is 1. The molecule has 0 atom stereocenters. The molecule has 0 unspecified atom stereocenters. The molecule has 1 N–H and O–H groups in total. The maximum absolute atomic E-state index is 13.1. The molecule has 0 bridgehead atoms. The molecule has 36 heavy (non-hydrogen) atoms. The Morgan fingerprint density at radius 1 is 1.00 bits per heavy atom. The van der Waals surface area contributed by atoms with Crippen molar-refractivity contribution in [2.45, 2.75) is 44.1 Å². The highest BCUT2D eigenvalue weighted by Crippen LogP contribution is 2.33. The first-order chi connectivity index (χ1) is 16.9. The molecule has 0 radical (unpaired) electrons. The Balaban J connectivity index is 0.000000454. The second kappa shape index (κ2) is 11.1. The van der Waals surface area contributed by atoms with Crippen LogP contribution in [0.15, 0.2) is 30.3 Å². The number of alkyl halides is 6. The fourth-order valence-corrected chi connectivity index (χ4v) is 4.22. The summed E-state index contributed by atoms with van der Waals surface area (Å²) in [5.41, 5.74) is -0.0775. The molecule has 2 fully saturated rings. The first kappa shape index (κ1) is 27.2. The van der Waals surface area contributed by atoms with Crippen LogP contribution in [0, 0.1) is 11.3 Å². The minimum absolute atomic E-state index is 0.0309. The van der Waals surface area contributed by atoms with Gasteiger partial charge in [-0.25, -0.2) is 14.8 Å². The van der Waals surface area contributed by atoms with Gasteiger partial charge in [-0.05, 0) is 50.9 Å². The van der Waals surface area contributed by atoms with Crippen LogP contribution in [-0.4, -0.2) is 64.3 Å². The number of hydrogen-bond acceptors (Lipinski definition) is 6. The van der Waals surface area contributed by atoms with E-state index in [1.54, 1.807) is 12.1 Å². The van der Waals surface area contributed by atoms with E-state index in [-0.39, 0.29) is 5.82 Å². The van der Waals surface area contributed by atoms with Crippen LogP contribution in [0.3, 0.4) is 0 Å². The van der Waals surface area contributed by atoms with Gasteiger partial charge in [-0.1, -0.05) is 12.1 Å². The van der Waals surface area contributed by atoms with Crippen molar-refractivity contribution in [2.24, 2.45) is 0 Å². The van der Waals surface area contributed by atoms with E-state index in [1.165, 1.54) is 18.9 Å². The number of rotatable bonds is 3. The van der Waals surface area contributed by atoms with Gasteiger partial charge in [0, 0.05) is 30.8 Å². The van der Waals surface area contributed by atoms with Crippen LogP contribution in [0.5, 0.6) is 0 Å². The summed E-state index contributed by atoms with van der Waals surface area (Å²) in [5.74, 6) is -2.19. The Labute approximate surface area is 203 Å². The van der Waals surface area contributed by atoms with E-state index < -0.39 is 23.9 Å². The summed E-state index contributed by atoms with van der Waals surface area (Å²) in [5, 5.41) is 16.4. The number of anilines is 1. The zero-order chi connectivity index (χ0) is 26.5. The summed E-state index contributed by atoms with van der Waals surface area (Å²) in [6, 6.07) is 9.22. The molecule has 2 aromatic rings. The van der Waals surface area contributed by atoms with Gasteiger partial charge in [0.1, 0.15) is 11.9 Å². The molecule has 13 heteroatoms. The number of halogens is 6. The number of carboxylic acid groups (broad SMARTS) is 1. The SMILES string of the molecule is N#Cc1nc(-c2cccc(C(F)(F)F)c2)cc(N2CCC(N3CCCC3)CC2)n1.O=C(O)C(F)(F)F. The van der Waals surface area contributed by atoms with E-state index in [4.69, 9.17) is 9.90 Å². The lowest BCUT2D eigenvalue weighted by Crippen LogP contribution is -2.44. The van der Waals surface area contributed by atoms with Crippen molar-refractivity contribution < 1.29 is 36.2 Å². The Kier molecular flexibility index (Phi) is 8.39. The molecular formula is C23H23F6N5O2. The van der Waals surface area contributed by atoms with Crippen molar-refractivity contribution in [3.63, 3.8) is 0 Å². The zero-order valence-electron chi connectivity index (χ0n) is 19.0. The highest BCUT2D eigenvalue weighted by atomic mass is 19.4. The van der Waals surface area contributed by atoms with Crippen molar-refractivity contribution in [3.05, 3.63) is 41.7 Å². The minimum atomic E-state index is -5.08. The van der Waals surface area contributed by atoms with Crippen molar-refractivity contribution in [1.82, 2.24) is 14.9 Å². The van der Waals surface area contributed by atoms with Crippen molar-refractivity contribution in [2.75, 3.05) is 31.1 Å². The first-order valence-electron chi connectivity index (χ1n) is 11.1. The second-order valence-corrected chi connectivity index (χ2v) is 8.39. The van der Waals surface area contributed by atoms with Crippen LogP contribution in [0.1, 0.15) is 37.1 Å². The standard InChI is InChI=1S/C21H22F3N5.C2HF3O2/c22-21(23,24)16-5-3-4-15(12-16)18-13-20(27-19(14-25)26-18)29-10-6-17(7-11-29)28-8-1-2-9-28;3-2(4,5)1(6)7/h3-5,12-13,17H,1-2,6-11H2;(H,6,7). The lowest BCUT2D eigenvalue weighted by Gasteiger charge is -2.37. The molecule has 1 aromatic heterocycles. The summed E-state index contributed by atoms with van der Waals surface area (Å²) in [6.07, 6.45) is -4.95. The second-order valence-electron chi connectivity index (χ2n) is 8.39.